The lowest BCUT2D eigenvalue weighted by Gasteiger charge is -2.33. The largest absolute Gasteiger partial charge is 0.469 e. The summed E-state index contributed by atoms with van der Waals surface area (Å²) >= 11 is 0. The number of ether oxygens (including phenoxy) is 1. The van der Waals surface area contributed by atoms with Gasteiger partial charge in [0.15, 0.2) is 5.96 Å². The van der Waals surface area contributed by atoms with Gasteiger partial charge in [-0.05, 0) is 40.7 Å². The van der Waals surface area contributed by atoms with E-state index in [1.165, 1.54) is 7.11 Å². The fraction of sp³-hybridized carbons (Fsp3) is 0.875. The molecular formula is C16H33IN4O2. The standard InChI is InChI=1S/C16H32N4O2.HI/c1-6-17-16(18-9-12-19(4)13(2)3)20-10-7-14(8-11-20)15(21)22-5;/h13-14H,6-12H2,1-5H3,(H,17,18);1H. The number of esters is 1. The zero-order valence-electron chi connectivity index (χ0n) is 15.2. The number of aliphatic imine (C=N–C) groups is 1. The van der Waals surface area contributed by atoms with Crippen molar-refractivity contribution in [1.82, 2.24) is 15.1 Å². The number of guanidine groups is 1. The van der Waals surface area contributed by atoms with Gasteiger partial charge in [0, 0.05) is 32.2 Å². The van der Waals surface area contributed by atoms with Crippen molar-refractivity contribution >= 4 is 35.9 Å². The highest BCUT2D eigenvalue weighted by Gasteiger charge is 2.26. The highest BCUT2D eigenvalue weighted by atomic mass is 127. The van der Waals surface area contributed by atoms with Gasteiger partial charge in [0.2, 0.25) is 0 Å². The number of carbonyl (C=O) groups excluding carboxylic acids is 1. The van der Waals surface area contributed by atoms with E-state index >= 15 is 0 Å². The van der Waals surface area contributed by atoms with Gasteiger partial charge in [-0.25, -0.2) is 0 Å². The van der Waals surface area contributed by atoms with Crippen molar-refractivity contribution in [1.29, 1.82) is 0 Å². The zero-order valence-corrected chi connectivity index (χ0v) is 17.5. The Kier molecular flexibility index (Phi) is 11.6. The topological polar surface area (TPSA) is 57.2 Å². The summed E-state index contributed by atoms with van der Waals surface area (Å²) in [7, 11) is 3.58. The van der Waals surface area contributed by atoms with Crippen molar-refractivity contribution in [3.63, 3.8) is 0 Å². The molecule has 0 bridgehead atoms. The van der Waals surface area contributed by atoms with Gasteiger partial charge in [-0.15, -0.1) is 24.0 Å². The normalized spacial score (nSPS) is 16.5. The fourth-order valence-electron chi connectivity index (χ4n) is 2.49. The number of carbonyl (C=O) groups is 1. The molecule has 0 aliphatic carbocycles. The molecule has 1 N–H and O–H groups in total. The molecule has 0 aromatic heterocycles. The van der Waals surface area contributed by atoms with E-state index in [1.807, 2.05) is 0 Å². The van der Waals surface area contributed by atoms with E-state index in [9.17, 15) is 4.79 Å². The molecule has 6 nitrogen and oxygen atoms in total. The lowest BCUT2D eigenvalue weighted by atomic mass is 9.97. The summed E-state index contributed by atoms with van der Waals surface area (Å²) in [5.74, 6) is 0.916. The highest BCUT2D eigenvalue weighted by molar-refractivity contribution is 14.0. The number of methoxy groups -OCH3 is 1. The molecule has 0 saturated carbocycles. The van der Waals surface area contributed by atoms with Crippen molar-refractivity contribution in [3.05, 3.63) is 0 Å². The number of likely N-dealkylation sites (tertiary alicyclic amines) is 1. The van der Waals surface area contributed by atoms with Crippen LogP contribution in [0.5, 0.6) is 0 Å². The van der Waals surface area contributed by atoms with Gasteiger partial charge in [-0.3, -0.25) is 9.79 Å². The van der Waals surface area contributed by atoms with E-state index in [1.54, 1.807) is 0 Å². The monoisotopic (exact) mass is 440 g/mol. The molecule has 1 heterocycles. The van der Waals surface area contributed by atoms with Gasteiger partial charge in [0.1, 0.15) is 0 Å². The summed E-state index contributed by atoms with van der Waals surface area (Å²) in [6, 6.07) is 0.536. The molecule has 0 aromatic rings. The van der Waals surface area contributed by atoms with E-state index in [4.69, 9.17) is 9.73 Å². The quantitative estimate of drug-likeness (QED) is 0.296. The van der Waals surface area contributed by atoms with Crippen LogP contribution in [-0.4, -0.2) is 74.7 Å². The van der Waals surface area contributed by atoms with Crippen LogP contribution in [0.25, 0.3) is 0 Å². The molecule has 1 rings (SSSR count). The molecule has 0 atom stereocenters. The average molecular weight is 440 g/mol. The average Bonchev–Trinajstić information content (AvgIpc) is 2.53. The lowest BCUT2D eigenvalue weighted by molar-refractivity contribution is -0.146. The molecular weight excluding hydrogens is 407 g/mol. The van der Waals surface area contributed by atoms with Crippen molar-refractivity contribution in [2.45, 2.75) is 39.7 Å². The Labute approximate surface area is 158 Å². The second-order valence-corrected chi connectivity index (χ2v) is 6.09. The minimum Gasteiger partial charge on any atom is -0.469 e. The molecule has 0 spiro atoms. The van der Waals surface area contributed by atoms with Crippen LogP contribution < -0.4 is 5.32 Å². The van der Waals surface area contributed by atoms with E-state index in [0.717, 1.165) is 51.5 Å². The first kappa shape index (κ1) is 22.4. The van der Waals surface area contributed by atoms with Crippen LogP contribution in [0, 0.1) is 5.92 Å². The molecule has 0 aromatic carbocycles. The Bertz CT molecular complexity index is 369. The number of rotatable bonds is 6. The maximum Gasteiger partial charge on any atom is 0.308 e. The molecule has 1 fully saturated rings. The van der Waals surface area contributed by atoms with Crippen molar-refractivity contribution in [3.8, 4) is 0 Å². The molecule has 7 heteroatoms. The second-order valence-electron chi connectivity index (χ2n) is 6.09. The van der Waals surface area contributed by atoms with Crippen LogP contribution in [0.3, 0.4) is 0 Å². The summed E-state index contributed by atoms with van der Waals surface area (Å²) in [5.41, 5.74) is 0. The maximum absolute atomic E-state index is 11.6. The van der Waals surface area contributed by atoms with Gasteiger partial charge in [-0.1, -0.05) is 0 Å². The summed E-state index contributed by atoms with van der Waals surface area (Å²) in [6.07, 6.45) is 1.67. The van der Waals surface area contributed by atoms with Crippen LogP contribution in [0.1, 0.15) is 33.6 Å². The summed E-state index contributed by atoms with van der Waals surface area (Å²) < 4.78 is 4.84. The SMILES string of the molecule is CCNC(=NCCN(C)C(C)C)N1CCC(C(=O)OC)CC1.I. The van der Waals surface area contributed by atoms with Gasteiger partial charge < -0.3 is 19.9 Å². The summed E-state index contributed by atoms with van der Waals surface area (Å²) in [5, 5.41) is 3.35. The van der Waals surface area contributed by atoms with E-state index in [-0.39, 0.29) is 35.9 Å². The molecule has 23 heavy (non-hydrogen) atoms. The van der Waals surface area contributed by atoms with Gasteiger partial charge >= 0.3 is 5.97 Å². The fourth-order valence-corrected chi connectivity index (χ4v) is 2.49. The van der Waals surface area contributed by atoms with Crippen molar-refractivity contribution in [2.24, 2.45) is 10.9 Å². The van der Waals surface area contributed by atoms with Crippen LogP contribution in [0.2, 0.25) is 0 Å². The van der Waals surface area contributed by atoms with Crippen LogP contribution in [0.15, 0.2) is 4.99 Å². The smallest absolute Gasteiger partial charge is 0.308 e. The molecule has 1 aliphatic heterocycles. The van der Waals surface area contributed by atoms with Crippen LogP contribution in [0.4, 0.5) is 0 Å². The number of likely N-dealkylation sites (N-methyl/N-ethyl adjacent to an activating group) is 1. The van der Waals surface area contributed by atoms with Gasteiger partial charge in [0.05, 0.1) is 19.6 Å². The Morgan fingerprint density at radius 2 is 2.00 bits per heavy atom. The maximum atomic E-state index is 11.6. The number of nitrogens with one attached hydrogen (secondary N) is 1. The predicted octanol–water partition coefficient (Wildman–Crippen LogP) is 1.80. The Morgan fingerprint density at radius 3 is 2.48 bits per heavy atom. The molecule has 136 valence electrons. The Hall–Kier alpha value is -0.570. The first-order chi connectivity index (χ1) is 10.5. The third-order valence-electron chi connectivity index (χ3n) is 4.26. The zero-order chi connectivity index (χ0) is 16.5. The van der Waals surface area contributed by atoms with E-state index in [2.05, 4.69) is 42.9 Å². The first-order valence-electron chi connectivity index (χ1n) is 8.30. The number of hydrogen-bond acceptors (Lipinski definition) is 4. The first-order valence-corrected chi connectivity index (χ1v) is 8.30. The summed E-state index contributed by atoms with van der Waals surface area (Å²) in [6.45, 7) is 10.8. The number of piperidine rings is 1. The third kappa shape index (κ3) is 7.69. The molecule has 0 amide bonds. The van der Waals surface area contributed by atoms with Gasteiger partial charge in [0.25, 0.3) is 0 Å². The Balaban J connectivity index is 0.00000484. The highest BCUT2D eigenvalue weighted by Crippen LogP contribution is 2.18. The van der Waals surface area contributed by atoms with Crippen LogP contribution in [-0.2, 0) is 9.53 Å². The molecule has 0 unspecified atom stereocenters. The number of hydrogen-bond donors (Lipinski definition) is 1. The van der Waals surface area contributed by atoms with E-state index < -0.39 is 0 Å². The van der Waals surface area contributed by atoms with Crippen molar-refractivity contribution in [2.75, 3.05) is 46.9 Å². The lowest BCUT2D eigenvalue weighted by Crippen LogP contribution is -2.47. The molecule has 1 aliphatic rings. The minimum atomic E-state index is -0.0832. The predicted molar refractivity (Wildman–Crippen MR) is 105 cm³/mol. The second kappa shape index (κ2) is 11.9. The number of nitrogens with zero attached hydrogens (tertiary/aromatic N) is 3. The minimum absolute atomic E-state index is 0. The third-order valence-corrected chi connectivity index (χ3v) is 4.26. The number of halogens is 1. The molecule has 0 radical (unpaired) electrons. The van der Waals surface area contributed by atoms with Gasteiger partial charge in [-0.2, -0.15) is 0 Å². The van der Waals surface area contributed by atoms with E-state index in [0.29, 0.717) is 6.04 Å². The van der Waals surface area contributed by atoms with Crippen molar-refractivity contribution < 1.29 is 9.53 Å². The molecule has 1 saturated heterocycles. The Morgan fingerprint density at radius 1 is 1.39 bits per heavy atom. The van der Waals surface area contributed by atoms with Crippen LogP contribution >= 0.6 is 24.0 Å². The summed E-state index contributed by atoms with van der Waals surface area (Å²) in [4.78, 5) is 20.8.